The van der Waals surface area contributed by atoms with Gasteiger partial charge in [0.25, 0.3) is 10.0 Å². The van der Waals surface area contributed by atoms with Gasteiger partial charge in [0.1, 0.15) is 0 Å². The summed E-state index contributed by atoms with van der Waals surface area (Å²) in [5.41, 5.74) is 0.0491. The van der Waals surface area contributed by atoms with E-state index in [0.717, 1.165) is 12.8 Å². The minimum absolute atomic E-state index is 0.0491. The summed E-state index contributed by atoms with van der Waals surface area (Å²) < 4.78 is 26.8. The van der Waals surface area contributed by atoms with E-state index in [4.69, 9.17) is 11.6 Å². The van der Waals surface area contributed by atoms with Crippen molar-refractivity contribution in [3.8, 4) is 0 Å². The smallest absolute Gasteiger partial charge is 0.331 e. The summed E-state index contributed by atoms with van der Waals surface area (Å²) in [5, 5.41) is 2.84. The number of amides is 2. The van der Waals surface area contributed by atoms with E-state index >= 15 is 0 Å². The van der Waals surface area contributed by atoms with Crippen molar-refractivity contribution in [3.05, 3.63) is 28.8 Å². The zero-order chi connectivity index (χ0) is 27.5. The highest BCUT2D eigenvalue weighted by Gasteiger charge is 2.29. The third kappa shape index (κ3) is 13.2. The molecule has 0 aliphatic rings. The number of rotatable bonds is 21. The fourth-order valence-electron chi connectivity index (χ4n) is 4.34. The van der Waals surface area contributed by atoms with Crippen LogP contribution in [0, 0.1) is 0 Å². The summed E-state index contributed by atoms with van der Waals surface area (Å²) in [6.07, 6.45) is 19.5. The molecule has 0 aliphatic heterocycles. The Morgan fingerprint density at radius 2 is 1.27 bits per heavy atom. The molecule has 0 saturated carbocycles. The highest BCUT2D eigenvalue weighted by Crippen LogP contribution is 2.25. The van der Waals surface area contributed by atoms with Crippen LogP contribution in [0.1, 0.15) is 133 Å². The van der Waals surface area contributed by atoms with Crippen LogP contribution >= 0.6 is 11.6 Å². The predicted molar refractivity (Wildman–Crippen MR) is 154 cm³/mol. The molecule has 0 saturated heterocycles. The fraction of sp³-hybridized carbons (Fsp3) is 0.724. The van der Waals surface area contributed by atoms with Gasteiger partial charge in [0.15, 0.2) is 5.78 Å². The van der Waals surface area contributed by atoms with E-state index in [1.807, 2.05) is 6.92 Å². The number of halogens is 1. The molecule has 0 atom stereocenters. The molecule has 0 bridgehead atoms. The number of urea groups is 1. The number of carbonyl (C=O) groups excluding carboxylic acids is 2. The largest absolute Gasteiger partial charge is 0.337 e. The molecule has 0 fully saturated rings. The molecule has 8 heteroatoms. The van der Waals surface area contributed by atoms with Gasteiger partial charge in [0, 0.05) is 30.6 Å². The highest BCUT2D eigenvalue weighted by molar-refractivity contribution is 7.89. The number of hydrogen-bond donors (Lipinski definition) is 1. The Kier molecular flexibility index (Phi) is 17.6. The zero-order valence-electron chi connectivity index (χ0n) is 23.3. The maximum Gasteiger partial charge on any atom is 0.331 e. The van der Waals surface area contributed by atoms with Crippen LogP contribution in [0.5, 0.6) is 0 Å². The molecule has 0 unspecified atom stereocenters. The van der Waals surface area contributed by atoms with Crippen LogP contribution < -0.4 is 5.32 Å². The van der Waals surface area contributed by atoms with Gasteiger partial charge in [-0.2, -0.15) is 0 Å². The van der Waals surface area contributed by atoms with Crippen LogP contribution in [-0.2, 0) is 10.0 Å². The van der Waals surface area contributed by atoms with Crippen LogP contribution in [0.4, 0.5) is 4.79 Å². The van der Waals surface area contributed by atoms with Crippen LogP contribution in [0.15, 0.2) is 23.1 Å². The molecule has 6 nitrogen and oxygen atoms in total. The average Bonchev–Trinajstić information content (AvgIpc) is 2.88. The van der Waals surface area contributed by atoms with Crippen molar-refractivity contribution < 1.29 is 18.0 Å². The van der Waals surface area contributed by atoms with Crippen LogP contribution in [0.25, 0.3) is 0 Å². The van der Waals surface area contributed by atoms with Gasteiger partial charge in [-0.25, -0.2) is 17.5 Å². The molecule has 2 amide bonds. The molecule has 0 aliphatic carbocycles. The van der Waals surface area contributed by atoms with Gasteiger partial charge in [-0.1, -0.05) is 115 Å². The molecule has 1 aromatic rings. The molecule has 37 heavy (non-hydrogen) atoms. The maximum absolute atomic E-state index is 13.1. The van der Waals surface area contributed by atoms with Gasteiger partial charge in [0.2, 0.25) is 0 Å². The van der Waals surface area contributed by atoms with Crippen LogP contribution in [0.3, 0.4) is 0 Å². The Bertz CT molecular complexity index is 905. The first-order chi connectivity index (χ1) is 17.8. The van der Waals surface area contributed by atoms with E-state index in [1.54, 1.807) is 0 Å². The van der Waals surface area contributed by atoms with Crippen molar-refractivity contribution in [2.24, 2.45) is 0 Å². The molecule has 1 rings (SSSR count). The minimum atomic E-state index is -4.18. The van der Waals surface area contributed by atoms with Crippen molar-refractivity contribution in [3.63, 3.8) is 0 Å². The number of unbranched alkanes of at least 4 members (excludes halogenated alkanes) is 14. The van der Waals surface area contributed by atoms with E-state index < -0.39 is 16.1 Å². The molecule has 1 N–H and O–H groups in total. The lowest BCUT2D eigenvalue weighted by Crippen LogP contribution is -2.41. The third-order valence-corrected chi connectivity index (χ3v) is 8.73. The quantitative estimate of drug-likeness (QED) is 0.121. The second-order valence-electron chi connectivity index (χ2n) is 9.97. The highest BCUT2D eigenvalue weighted by atomic mass is 35.5. The van der Waals surface area contributed by atoms with Gasteiger partial charge in [0.05, 0.1) is 4.90 Å². The number of benzene rings is 1. The van der Waals surface area contributed by atoms with Gasteiger partial charge in [-0.15, -0.1) is 0 Å². The topological polar surface area (TPSA) is 83.6 Å². The lowest BCUT2D eigenvalue weighted by atomic mass is 10.0. The van der Waals surface area contributed by atoms with Crippen LogP contribution in [0.2, 0.25) is 5.02 Å². The summed E-state index contributed by atoms with van der Waals surface area (Å²) in [6.45, 7) is 4.50. The number of ketones is 1. The number of nitrogens with one attached hydrogen (secondary N) is 1. The molecule has 0 heterocycles. The summed E-state index contributed by atoms with van der Waals surface area (Å²) >= 11 is 6.08. The standard InChI is InChI=1S/C29H49ClN2O4S/c1-4-6-7-8-9-10-11-12-13-14-15-16-17-18-19-20-27(33)26-24-25(30)21-22-28(26)37(35,36)32(3)29(34)31-23-5-2/h21-22,24H,4-20,23H2,1-3H3,(H,31,34). The Hall–Kier alpha value is -1.60. The van der Waals surface area contributed by atoms with Gasteiger partial charge < -0.3 is 5.32 Å². The fourth-order valence-corrected chi connectivity index (χ4v) is 5.78. The molecule has 1 aromatic carbocycles. The maximum atomic E-state index is 13.1. The van der Waals surface area contributed by atoms with Gasteiger partial charge >= 0.3 is 6.03 Å². The van der Waals surface area contributed by atoms with E-state index in [9.17, 15) is 18.0 Å². The second kappa shape index (κ2) is 19.5. The molecular weight excluding hydrogens is 508 g/mol. The molecule has 0 radical (unpaired) electrons. The molecule has 0 aromatic heterocycles. The molecule has 0 spiro atoms. The first-order valence-corrected chi connectivity index (χ1v) is 16.2. The molecule has 212 valence electrons. The Morgan fingerprint density at radius 1 is 0.784 bits per heavy atom. The second-order valence-corrected chi connectivity index (χ2v) is 12.3. The Balaban J connectivity index is 2.38. The van der Waals surface area contributed by atoms with E-state index in [0.29, 0.717) is 23.7 Å². The lowest BCUT2D eigenvalue weighted by Gasteiger charge is -2.20. The van der Waals surface area contributed by atoms with Crippen molar-refractivity contribution >= 4 is 33.4 Å². The van der Waals surface area contributed by atoms with Gasteiger partial charge in [-0.3, -0.25) is 4.79 Å². The molecular formula is C29H49ClN2O4S. The SMILES string of the molecule is CCCCCCCCCCCCCCCCCC(=O)c1cc(Cl)ccc1S(=O)(=O)N(C)C(=O)NCCC. The summed E-state index contributed by atoms with van der Waals surface area (Å²) in [5.74, 6) is -0.266. The van der Waals surface area contributed by atoms with Crippen LogP contribution in [-0.4, -0.2) is 38.1 Å². The lowest BCUT2D eigenvalue weighted by molar-refractivity contribution is 0.0975. The average molecular weight is 557 g/mol. The Labute approximate surface area is 231 Å². The van der Waals surface area contributed by atoms with Crippen molar-refractivity contribution in [2.75, 3.05) is 13.6 Å². The summed E-state index contributed by atoms with van der Waals surface area (Å²) in [4.78, 5) is 25.0. The van der Waals surface area contributed by atoms with E-state index in [-0.39, 0.29) is 27.7 Å². The Morgan fingerprint density at radius 3 is 1.76 bits per heavy atom. The number of hydrogen-bond acceptors (Lipinski definition) is 4. The van der Waals surface area contributed by atoms with Crippen molar-refractivity contribution in [1.82, 2.24) is 9.62 Å². The zero-order valence-corrected chi connectivity index (χ0v) is 24.9. The summed E-state index contributed by atoms with van der Waals surface area (Å²) in [7, 11) is -2.99. The predicted octanol–water partition coefficient (Wildman–Crippen LogP) is 8.52. The monoisotopic (exact) mass is 556 g/mol. The van der Waals surface area contributed by atoms with Gasteiger partial charge in [-0.05, 0) is 31.0 Å². The third-order valence-electron chi connectivity index (χ3n) is 6.70. The van der Waals surface area contributed by atoms with Crippen molar-refractivity contribution in [2.45, 2.75) is 128 Å². The number of nitrogens with zero attached hydrogens (tertiary/aromatic N) is 1. The minimum Gasteiger partial charge on any atom is -0.337 e. The van der Waals surface area contributed by atoms with E-state index in [2.05, 4.69) is 12.2 Å². The summed E-state index contributed by atoms with van der Waals surface area (Å²) in [6, 6.07) is 3.40. The van der Waals surface area contributed by atoms with E-state index in [1.165, 1.54) is 102 Å². The number of sulfonamides is 1. The first-order valence-electron chi connectivity index (χ1n) is 14.3. The number of carbonyl (C=O) groups is 2. The van der Waals surface area contributed by atoms with Crippen molar-refractivity contribution in [1.29, 1.82) is 0 Å². The number of Topliss-reactive ketones (excluding diaryl/α,β-unsaturated/α-hetero) is 1. The normalized spacial score (nSPS) is 11.5. The first kappa shape index (κ1) is 33.4.